The van der Waals surface area contributed by atoms with Crippen LogP contribution in [0.5, 0.6) is 5.75 Å². The number of hydrogen-bond donors (Lipinski definition) is 1. The number of rotatable bonds is 6. The molecule has 162 valence electrons. The van der Waals surface area contributed by atoms with Crippen LogP contribution >= 0.6 is 0 Å². The van der Waals surface area contributed by atoms with Gasteiger partial charge in [0, 0.05) is 31.9 Å². The molecule has 0 bridgehead atoms. The molecule has 3 rings (SSSR count). The molecule has 1 N–H and O–H groups in total. The van der Waals surface area contributed by atoms with E-state index in [0.29, 0.717) is 25.4 Å². The molecule has 1 fully saturated rings. The highest BCUT2D eigenvalue weighted by Gasteiger charge is 2.30. The van der Waals surface area contributed by atoms with Crippen LogP contribution in [-0.4, -0.2) is 49.6 Å². The van der Waals surface area contributed by atoms with Crippen LogP contribution < -0.4 is 15.0 Å². The van der Waals surface area contributed by atoms with E-state index in [9.17, 15) is 18.0 Å². The third-order valence-electron chi connectivity index (χ3n) is 5.23. The third-order valence-corrected chi connectivity index (χ3v) is 5.23. The van der Waals surface area contributed by atoms with E-state index in [1.165, 1.54) is 12.1 Å². The van der Waals surface area contributed by atoms with Gasteiger partial charge in [-0.2, -0.15) is 13.2 Å². The van der Waals surface area contributed by atoms with Crippen molar-refractivity contribution in [3.8, 4) is 5.75 Å². The van der Waals surface area contributed by atoms with Crippen molar-refractivity contribution in [1.29, 1.82) is 0 Å². The van der Waals surface area contributed by atoms with Crippen LogP contribution in [0.15, 0.2) is 48.5 Å². The third kappa shape index (κ3) is 5.24. The molecule has 0 radical (unpaired) electrons. The van der Waals surface area contributed by atoms with E-state index in [4.69, 9.17) is 4.74 Å². The topological polar surface area (TPSA) is 44.8 Å². The van der Waals surface area contributed by atoms with E-state index in [1.807, 2.05) is 38.1 Å². The van der Waals surface area contributed by atoms with Crippen LogP contribution in [0.1, 0.15) is 19.4 Å². The fourth-order valence-corrected chi connectivity index (χ4v) is 3.50. The van der Waals surface area contributed by atoms with E-state index >= 15 is 0 Å². The Hall–Kier alpha value is -2.74. The Morgan fingerprint density at radius 2 is 1.70 bits per heavy atom. The minimum absolute atomic E-state index is 0.238. The Morgan fingerprint density at radius 1 is 1.07 bits per heavy atom. The van der Waals surface area contributed by atoms with Crippen molar-refractivity contribution in [2.75, 3.05) is 43.0 Å². The van der Waals surface area contributed by atoms with Gasteiger partial charge in [0.25, 0.3) is 0 Å². The monoisotopic (exact) mass is 421 g/mol. The van der Waals surface area contributed by atoms with Gasteiger partial charge < -0.3 is 15.0 Å². The van der Waals surface area contributed by atoms with E-state index in [1.54, 1.807) is 0 Å². The van der Waals surface area contributed by atoms with Crippen molar-refractivity contribution in [1.82, 2.24) is 4.90 Å². The number of benzene rings is 2. The van der Waals surface area contributed by atoms with Crippen LogP contribution in [-0.2, 0) is 11.0 Å². The second kappa shape index (κ2) is 9.38. The van der Waals surface area contributed by atoms with Gasteiger partial charge in [0.15, 0.2) is 0 Å². The number of alkyl halides is 3. The molecule has 0 spiro atoms. The number of piperazine rings is 1. The maximum absolute atomic E-state index is 12.7. The van der Waals surface area contributed by atoms with Crippen molar-refractivity contribution in [3.63, 3.8) is 0 Å². The summed E-state index contributed by atoms with van der Waals surface area (Å²) in [5.74, 6) is 0.611. The largest absolute Gasteiger partial charge is 0.492 e. The second-order valence-corrected chi connectivity index (χ2v) is 7.16. The average molecular weight is 421 g/mol. The van der Waals surface area contributed by atoms with Crippen LogP contribution in [0.25, 0.3) is 0 Å². The lowest BCUT2D eigenvalue weighted by atomic mass is 10.1. The summed E-state index contributed by atoms with van der Waals surface area (Å²) in [6.45, 7) is 7.25. The first kappa shape index (κ1) is 22.0. The van der Waals surface area contributed by atoms with Crippen molar-refractivity contribution in [2.45, 2.75) is 26.1 Å². The van der Waals surface area contributed by atoms with Gasteiger partial charge in [-0.3, -0.25) is 9.69 Å². The van der Waals surface area contributed by atoms with Gasteiger partial charge in [0.05, 0.1) is 23.9 Å². The molecule has 0 aliphatic carbocycles. The van der Waals surface area contributed by atoms with Crippen molar-refractivity contribution in [2.24, 2.45) is 0 Å². The molecular formula is C22H26F3N3O2. The fourth-order valence-electron chi connectivity index (χ4n) is 3.50. The number of para-hydroxylation sites is 2. The van der Waals surface area contributed by atoms with Crippen LogP contribution in [0.2, 0.25) is 0 Å². The van der Waals surface area contributed by atoms with E-state index in [0.717, 1.165) is 36.7 Å². The first-order valence-electron chi connectivity index (χ1n) is 9.98. The molecule has 0 unspecified atom stereocenters. The minimum Gasteiger partial charge on any atom is -0.492 e. The minimum atomic E-state index is -4.39. The number of anilines is 2. The normalized spacial score (nSPS) is 16.2. The highest BCUT2D eigenvalue weighted by Crippen LogP contribution is 2.30. The van der Waals surface area contributed by atoms with Gasteiger partial charge in [-0.05, 0) is 50.2 Å². The molecule has 1 heterocycles. The summed E-state index contributed by atoms with van der Waals surface area (Å²) in [6, 6.07) is 12.0. The van der Waals surface area contributed by atoms with Crippen molar-refractivity contribution >= 4 is 17.3 Å². The molecule has 1 aliphatic heterocycles. The summed E-state index contributed by atoms with van der Waals surface area (Å²) in [5.41, 5.74) is 0.655. The van der Waals surface area contributed by atoms with E-state index < -0.39 is 17.8 Å². The molecule has 2 aromatic rings. The second-order valence-electron chi connectivity index (χ2n) is 7.16. The predicted octanol–water partition coefficient (Wildman–Crippen LogP) is 4.25. The quantitative estimate of drug-likeness (QED) is 0.757. The van der Waals surface area contributed by atoms with E-state index in [2.05, 4.69) is 15.1 Å². The van der Waals surface area contributed by atoms with Crippen LogP contribution in [0.4, 0.5) is 24.5 Å². The summed E-state index contributed by atoms with van der Waals surface area (Å²) in [6.07, 6.45) is -4.39. The first-order chi connectivity index (χ1) is 14.3. The summed E-state index contributed by atoms with van der Waals surface area (Å²) in [7, 11) is 0. The molecule has 1 aliphatic rings. The lowest BCUT2D eigenvalue weighted by Crippen LogP contribution is -2.52. The number of halogens is 3. The Morgan fingerprint density at radius 3 is 2.30 bits per heavy atom. The summed E-state index contributed by atoms with van der Waals surface area (Å²) >= 11 is 0. The molecular weight excluding hydrogens is 395 g/mol. The van der Waals surface area contributed by atoms with Gasteiger partial charge >= 0.3 is 6.18 Å². The maximum atomic E-state index is 12.7. The summed E-state index contributed by atoms with van der Waals surface area (Å²) in [5, 5.41) is 2.70. The maximum Gasteiger partial charge on any atom is 0.416 e. The number of nitrogens with zero attached hydrogens (tertiary/aromatic N) is 2. The molecule has 1 atom stereocenters. The Kier molecular flexibility index (Phi) is 6.87. The van der Waals surface area contributed by atoms with Crippen LogP contribution in [0, 0.1) is 0 Å². The zero-order chi connectivity index (χ0) is 21.7. The van der Waals surface area contributed by atoms with Gasteiger partial charge in [-0.25, -0.2) is 0 Å². The summed E-state index contributed by atoms with van der Waals surface area (Å²) < 4.78 is 43.7. The molecule has 1 amide bonds. The summed E-state index contributed by atoms with van der Waals surface area (Å²) in [4.78, 5) is 16.9. The van der Waals surface area contributed by atoms with Gasteiger partial charge in [0.2, 0.25) is 5.91 Å². The Bertz CT molecular complexity index is 847. The number of hydrogen-bond acceptors (Lipinski definition) is 4. The predicted molar refractivity (Wildman–Crippen MR) is 111 cm³/mol. The smallest absolute Gasteiger partial charge is 0.416 e. The number of nitrogens with one attached hydrogen (secondary N) is 1. The van der Waals surface area contributed by atoms with Gasteiger partial charge in [-0.15, -0.1) is 0 Å². The highest BCUT2D eigenvalue weighted by molar-refractivity contribution is 5.94. The molecule has 5 nitrogen and oxygen atoms in total. The molecule has 8 heteroatoms. The molecule has 1 saturated heterocycles. The number of amides is 1. The molecule has 0 saturated carbocycles. The van der Waals surface area contributed by atoms with E-state index in [-0.39, 0.29) is 5.91 Å². The Balaban J connectivity index is 1.56. The average Bonchev–Trinajstić information content (AvgIpc) is 2.74. The lowest BCUT2D eigenvalue weighted by Gasteiger charge is -2.39. The molecule has 30 heavy (non-hydrogen) atoms. The Labute approximate surface area is 174 Å². The standard InChI is InChI=1S/C22H26F3N3O2/c1-3-30-20-7-5-4-6-19(20)28-14-12-27(13-15-28)16(2)21(29)26-18-10-8-17(9-11-18)22(23,24)25/h4-11,16H,3,12-15H2,1-2H3,(H,26,29)/t16-/m0/s1. The number of carbonyl (C=O) groups is 1. The van der Waals surface area contributed by atoms with Crippen molar-refractivity contribution in [3.05, 3.63) is 54.1 Å². The molecule has 0 aromatic heterocycles. The SMILES string of the molecule is CCOc1ccccc1N1CCN([C@@H](C)C(=O)Nc2ccc(C(F)(F)F)cc2)CC1. The highest BCUT2D eigenvalue weighted by atomic mass is 19.4. The first-order valence-corrected chi connectivity index (χ1v) is 9.98. The van der Waals surface area contributed by atoms with Crippen LogP contribution in [0.3, 0.4) is 0 Å². The lowest BCUT2D eigenvalue weighted by molar-refractivity contribution is -0.137. The van der Waals surface area contributed by atoms with Gasteiger partial charge in [-0.1, -0.05) is 12.1 Å². The number of carbonyl (C=O) groups excluding carboxylic acids is 1. The van der Waals surface area contributed by atoms with Gasteiger partial charge in [0.1, 0.15) is 5.75 Å². The zero-order valence-corrected chi connectivity index (χ0v) is 17.1. The number of ether oxygens (including phenoxy) is 1. The molecule has 2 aromatic carbocycles. The zero-order valence-electron chi connectivity index (χ0n) is 17.1. The van der Waals surface area contributed by atoms with Crippen molar-refractivity contribution < 1.29 is 22.7 Å². The fraction of sp³-hybridized carbons (Fsp3) is 0.409.